The van der Waals surface area contributed by atoms with Crippen molar-refractivity contribution < 1.29 is 4.74 Å². The smallest absolute Gasteiger partial charge is 0.128 e. The van der Waals surface area contributed by atoms with Crippen LogP contribution < -0.4 is 4.74 Å². The second kappa shape index (κ2) is 5.26. The Kier molecular flexibility index (Phi) is 3.72. The summed E-state index contributed by atoms with van der Waals surface area (Å²) in [4.78, 5) is 0. The van der Waals surface area contributed by atoms with Crippen LogP contribution in [-0.4, -0.2) is 11.2 Å². The van der Waals surface area contributed by atoms with Gasteiger partial charge in [-0.2, -0.15) is 0 Å². The molecule has 0 fully saturated rings. The summed E-state index contributed by atoms with van der Waals surface area (Å²) in [6, 6.07) is 8.43. The highest BCUT2D eigenvalue weighted by atomic mass is 16.5. The molecule has 92 valence electrons. The number of ether oxygens (including phenoxy) is 1. The van der Waals surface area contributed by atoms with Gasteiger partial charge in [-0.15, -0.1) is 0 Å². The topological polar surface area (TPSA) is 14.2 Å². The molecule has 0 amide bonds. The molecule has 1 aromatic carbocycles. The molecule has 0 saturated carbocycles. The molecule has 0 radical (unpaired) electrons. The maximum atomic E-state index is 5.65. The molecule has 2 rings (SSSR count). The Morgan fingerprint density at radius 2 is 2.06 bits per heavy atom. The molecule has 0 aliphatic heterocycles. The van der Waals surface area contributed by atoms with Crippen LogP contribution in [0.3, 0.4) is 0 Å². The highest BCUT2D eigenvalue weighted by Gasteiger charge is 2.07. The number of rotatable bonds is 5. The average molecular weight is 231 g/mol. The van der Waals surface area contributed by atoms with Crippen molar-refractivity contribution in [3.05, 3.63) is 30.5 Å². The molecule has 1 atom stereocenters. The number of benzene rings is 1. The van der Waals surface area contributed by atoms with E-state index < -0.39 is 0 Å². The summed E-state index contributed by atoms with van der Waals surface area (Å²) in [6.45, 7) is 8.35. The van der Waals surface area contributed by atoms with E-state index in [1.54, 1.807) is 0 Å². The van der Waals surface area contributed by atoms with Gasteiger partial charge in [0.15, 0.2) is 0 Å². The Hall–Kier alpha value is -1.44. The lowest BCUT2D eigenvalue weighted by atomic mass is 10.1. The van der Waals surface area contributed by atoms with Crippen molar-refractivity contribution in [2.75, 3.05) is 6.61 Å². The van der Waals surface area contributed by atoms with Crippen LogP contribution in [0.2, 0.25) is 0 Å². The number of aromatic nitrogens is 1. The van der Waals surface area contributed by atoms with Crippen molar-refractivity contribution >= 4 is 10.9 Å². The van der Waals surface area contributed by atoms with Gasteiger partial charge in [0.2, 0.25) is 0 Å². The monoisotopic (exact) mass is 231 g/mol. The number of hydrogen-bond donors (Lipinski definition) is 0. The maximum absolute atomic E-state index is 5.65. The quantitative estimate of drug-likeness (QED) is 0.756. The van der Waals surface area contributed by atoms with E-state index in [4.69, 9.17) is 4.74 Å². The predicted molar refractivity (Wildman–Crippen MR) is 72.6 cm³/mol. The first-order valence-electron chi connectivity index (χ1n) is 6.46. The van der Waals surface area contributed by atoms with E-state index in [2.05, 4.69) is 42.8 Å². The van der Waals surface area contributed by atoms with Gasteiger partial charge in [0.25, 0.3) is 0 Å². The number of fused-ring (bicyclic) bond motifs is 1. The van der Waals surface area contributed by atoms with Crippen LogP contribution in [0.25, 0.3) is 10.9 Å². The van der Waals surface area contributed by atoms with Crippen LogP contribution >= 0.6 is 0 Å². The molecule has 0 aliphatic rings. The van der Waals surface area contributed by atoms with E-state index in [-0.39, 0.29) is 0 Å². The van der Waals surface area contributed by atoms with Gasteiger partial charge in [0.1, 0.15) is 5.75 Å². The first kappa shape index (κ1) is 12.0. The molecule has 0 N–H and O–H groups in total. The fraction of sp³-hybridized carbons (Fsp3) is 0.467. The van der Waals surface area contributed by atoms with Crippen LogP contribution in [0.4, 0.5) is 0 Å². The second-order valence-electron chi connectivity index (χ2n) is 4.60. The molecule has 2 aromatic rings. The molecule has 2 nitrogen and oxygen atoms in total. The summed E-state index contributed by atoms with van der Waals surface area (Å²) in [6.07, 6.45) is 3.38. The van der Waals surface area contributed by atoms with Crippen LogP contribution in [0.1, 0.15) is 27.2 Å². The fourth-order valence-electron chi connectivity index (χ4n) is 2.10. The lowest BCUT2D eigenvalue weighted by Crippen LogP contribution is -2.05. The Labute approximate surface area is 103 Å². The van der Waals surface area contributed by atoms with Crippen molar-refractivity contribution in [1.29, 1.82) is 0 Å². The minimum absolute atomic E-state index is 0.710. The van der Waals surface area contributed by atoms with E-state index in [9.17, 15) is 0 Å². The highest BCUT2D eigenvalue weighted by molar-refractivity contribution is 5.86. The standard InChI is InChI=1S/C15H21NO/c1-4-12(3)11-16-10-9-13-14(16)7-6-8-15(13)17-5-2/h6-10,12H,4-5,11H2,1-3H3. The van der Waals surface area contributed by atoms with Crippen LogP contribution in [0.5, 0.6) is 5.75 Å². The van der Waals surface area contributed by atoms with E-state index in [0.29, 0.717) is 5.92 Å². The van der Waals surface area contributed by atoms with Gasteiger partial charge < -0.3 is 9.30 Å². The van der Waals surface area contributed by atoms with E-state index in [1.807, 2.05) is 13.0 Å². The normalized spacial score (nSPS) is 12.9. The summed E-state index contributed by atoms with van der Waals surface area (Å²) in [5.74, 6) is 1.70. The van der Waals surface area contributed by atoms with Crippen molar-refractivity contribution in [2.24, 2.45) is 5.92 Å². The van der Waals surface area contributed by atoms with Gasteiger partial charge in [0.05, 0.1) is 12.1 Å². The molecular formula is C15H21NO. The Balaban J connectivity index is 2.36. The molecule has 0 spiro atoms. The predicted octanol–water partition coefficient (Wildman–Crippen LogP) is 4.09. The van der Waals surface area contributed by atoms with Gasteiger partial charge in [-0.3, -0.25) is 0 Å². The molecule has 2 heteroatoms. The third-order valence-corrected chi connectivity index (χ3v) is 3.28. The van der Waals surface area contributed by atoms with Gasteiger partial charge in [-0.25, -0.2) is 0 Å². The largest absolute Gasteiger partial charge is 0.493 e. The van der Waals surface area contributed by atoms with Crippen LogP contribution in [-0.2, 0) is 6.54 Å². The van der Waals surface area contributed by atoms with E-state index in [0.717, 1.165) is 18.9 Å². The summed E-state index contributed by atoms with van der Waals surface area (Å²) >= 11 is 0. The van der Waals surface area contributed by atoms with Gasteiger partial charge >= 0.3 is 0 Å². The van der Waals surface area contributed by atoms with E-state index in [1.165, 1.54) is 17.3 Å². The molecule has 0 saturated heterocycles. The molecule has 0 aliphatic carbocycles. The zero-order chi connectivity index (χ0) is 12.3. The molecule has 17 heavy (non-hydrogen) atoms. The highest BCUT2D eigenvalue weighted by Crippen LogP contribution is 2.27. The Morgan fingerprint density at radius 1 is 1.24 bits per heavy atom. The summed E-state index contributed by atoms with van der Waals surface area (Å²) in [5, 5.41) is 1.22. The summed E-state index contributed by atoms with van der Waals surface area (Å²) < 4.78 is 7.98. The zero-order valence-electron chi connectivity index (χ0n) is 10.9. The van der Waals surface area contributed by atoms with Gasteiger partial charge in [-0.05, 0) is 31.0 Å². The zero-order valence-corrected chi connectivity index (χ0v) is 10.9. The third-order valence-electron chi connectivity index (χ3n) is 3.28. The van der Waals surface area contributed by atoms with Crippen molar-refractivity contribution in [1.82, 2.24) is 4.57 Å². The molecule has 1 heterocycles. The minimum Gasteiger partial charge on any atom is -0.493 e. The Bertz CT molecular complexity index is 487. The molecule has 0 bridgehead atoms. The molecule has 1 unspecified atom stereocenters. The van der Waals surface area contributed by atoms with E-state index >= 15 is 0 Å². The van der Waals surface area contributed by atoms with Crippen molar-refractivity contribution in [2.45, 2.75) is 33.7 Å². The summed E-state index contributed by atoms with van der Waals surface area (Å²) in [7, 11) is 0. The molecule has 1 aromatic heterocycles. The van der Waals surface area contributed by atoms with Crippen LogP contribution in [0, 0.1) is 5.92 Å². The number of hydrogen-bond acceptors (Lipinski definition) is 1. The number of nitrogens with zero attached hydrogens (tertiary/aromatic N) is 1. The van der Waals surface area contributed by atoms with Gasteiger partial charge in [-0.1, -0.05) is 26.3 Å². The van der Waals surface area contributed by atoms with Crippen LogP contribution in [0.15, 0.2) is 30.5 Å². The van der Waals surface area contributed by atoms with Gasteiger partial charge in [0, 0.05) is 18.1 Å². The minimum atomic E-state index is 0.710. The second-order valence-corrected chi connectivity index (χ2v) is 4.60. The lowest BCUT2D eigenvalue weighted by molar-refractivity contribution is 0.344. The van der Waals surface area contributed by atoms with Crippen molar-refractivity contribution in [3.63, 3.8) is 0 Å². The average Bonchev–Trinajstić information content (AvgIpc) is 2.74. The van der Waals surface area contributed by atoms with Crippen molar-refractivity contribution in [3.8, 4) is 5.75 Å². The SMILES string of the molecule is CCOc1cccc2c1ccn2CC(C)CC. The lowest BCUT2D eigenvalue weighted by Gasteiger charge is -2.11. The first-order valence-corrected chi connectivity index (χ1v) is 6.46. The Morgan fingerprint density at radius 3 is 2.76 bits per heavy atom. The fourth-order valence-corrected chi connectivity index (χ4v) is 2.10. The summed E-state index contributed by atoms with van der Waals surface area (Å²) in [5.41, 5.74) is 1.27. The molecular weight excluding hydrogens is 210 g/mol. The third kappa shape index (κ3) is 2.46. The maximum Gasteiger partial charge on any atom is 0.128 e. The first-order chi connectivity index (χ1) is 8.26.